The second kappa shape index (κ2) is 5.65. The van der Waals surface area contributed by atoms with Crippen molar-refractivity contribution in [1.29, 1.82) is 0 Å². The number of hydrogen-bond acceptors (Lipinski definition) is 4. The average Bonchev–Trinajstić information content (AvgIpc) is 2.75. The van der Waals surface area contributed by atoms with Crippen LogP contribution in [0.3, 0.4) is 0 Å². The van der Waals surface area contributed by atoms with Gasteiger partial charge in [0, 0.05) is 24.7 Å². The first-order chi connectivity index (χ1) is 8.19. The Labute approximate surface area is 103 Å². The highest BCUT2D eigenvalue weighted by atomic mass is 16.5. The second-order valence-corrected chi connectivity index (χ2v) is 5.14. The number of hydrogen-bond donors (Lipinski definition) is 1. The minimum absolute atomic E-state index is 0.691. The Morgan fingerprint density at radius 3 is 2.65 bits per heavy atom. The number of nitrogens with zero attached hydrogens (tertiary/aromatic N) is 2. The van der Waals surface area contributed by atoms with E-state index in [2.05, 4.69) is 29.5 Å². The highest BCUT2D eigenvalue weighted by molar-refractivity contribution is 5.03. The third kappa shape index (κ3) is 3.30. The largest absolute Gasteiger partial charge is 0.361 e. The molecule has 96 valence electrons. The van der Waals surface area contributed by atoms with Crippen molar-refractivity contribution in [3.8, 4) is 0 Å². The molecule has 4 nitrogen and oxygen atoms in total. The zero-order chi connectivity index (χ0) is 12.3. The lowest BCUT2D eigenvalue weighted by atomic mass is 9.90. The fraction of sp³-hybridized carbons (Fsp3) is 0.769. The van der Waals surface area contributed by atoms with Crippen molar-refractivity contribution in [1.82, 2.24) is 15.4 Å². The van der Waals surface area contributed by atoms with Crippen LogP contribution in [0.1, 0.15) is 37.1 Å². The molecule has 0 aliphatic heterocycles. The van der Waals surface area contributed by atoms with Crippen LogP contribution in [0.25, 0.3) is 0 Å². The highest BCUT2D eigenvalue weighted by Crippen LogP contribution is 2.23. The van der Waals surface area contributed by atoms with Crippen LogP contribution in [0.2, 0.25) is 0 Å². The Morgan fingerprint density at radius 2 is 2.12 bits per heavy atom. The van der Waals surface area contributed by atoms with Gasteiger partial charge in [-0.05, 0) is 46.7 Å². The van der Waals surface area contributed by atoms with Gasteiger partial charge in [0.15, 0.2) is 0 Å². The summed E-state index contributed by atoms with van der Waals surface area (Å²) in [5.74, 6) is 0.896. The zero-order valence-electron chi connectivity index (χ0n) is 11.1. The molecule has 2 rings (SSSR count). The first-order valence-electron chi connectivity index (χ1n) is 6.48. The molecule has 0 amide bonds. The van der Waals surface area contributed by atoms with Crippen molar-refractivity contribution in [2.45, 2.75) is 51.2 Å². The van der Waals surface area contributed by atoms with Gasteiger partial charge in [-0.25, -0.2) is 0 Å². The summed E-state index contributed by atoms with van der Waals surface area (Å²) >= 11 is 0. The molecule has 1 aliphatic rings. The van der Waals surface area contributed by atoms with Crippen molar-refractivity contribution in [3.05, 3.63) is 17.5 Å². The Morgan fingerprint density at radius 1 is 1.41 bits per heavy atom. The van der Waals surface area contributed by atoms with Crippen LogP contribution >= 0.6 is 0 Å². The minimum Gasteiger partial charge on any atom is -0.361 e. The normalized spacial score (nSPS) is 25.4. The quantitative estimate of drug-likeness (QED) is 0.869. The van der Waals surface area contributed by atoms with Gasteiger partial charge < -0.3 is 9.84 Å². The topological polar surface area (TPSA) is 41.3 Å². The third-order valence-corrected chi connectivity index (χ3v) is 3.82. The molecule has 0 unspecified atom stereocenters. The summed E-state index contributed by atoms with van der Waals surface area (Å²) in [6, 6.07) is 3.43. The third-order valence-electron chi connectivity index (χ3n) is 3.82. The van der Waals surface area contributed by atoms with Gasteiger partial charge in [-0.1, -0.05) is 5.16 Å². The molecule has 1 N–H and O–H groups in total. The van der Waals surface area contributed by atoms with Crippen LogP contribution in [0, 0.1) is 6.92 Å². The monoisotopic (exact) mass is 237 g/mol. The summed E-state index contributed by atoms with van der Waals surface area (Å²) in [6.07, 6.45) is 5.12. The molecule has 0 bridgehead atoms. The number of rotatable bonds is 4. The summed E-state index contributed by atoms with van der Waals surface area (Å²) in [6.45, 7) is 2.83. The number of aryl methyl sites for hydroxylation is 1. The van der Waals surface area contributed by atoms with E-state index in [0.717, 1.165) is 18.0 Å². The van der Waals surface area contributed by atoms with Crippen molar-refractivity contribution in [2.24, 2.45) is 0 Å². The molecule has 1 heterocycles. The molecule has 0 atom stereocenters. The standard InChI is InChI=1S/C13H23N3O/c1-10-8-12(15-17-10)9-16(3)13-6-4-11(14-2)5-7-13/h8,11,13-14H,4-7,9H2,1-3H3. The summed E-state index contributed by atoms with van der Waals surface area (Å²) < 4.78 is 5.10. The van der Waals surface area contributed by atoms with E-state index in [1.807, 2.05) is 13.0 Å². The van der Waals surface area contributed by atoms with Crippen LogP contribution < -0.4 is 5.32 Å². The zero-order valence-corrected chi connectivity index (χ0v) is 11.1. The van der Waals surface area contributed by atoms with Crippen molar-refractivity contribution >= 4 is 0 Å². The molecule has 0 spiro atoms. The van der Waals surface area contributed by atoms with Crippen LogP contribution in [0.5, 0.6) is 0 Å². The van der Waals surface area contributed by atoms with E-state index in [9.17, 15) is 0 Å². The highest BCUT2D eigenvalue weighted by Gasteiger charge is 2.23. The van der Waals surface area contributed by atoms with Crippen molar-refractivity contribution in [3.63, 3.8) is 0 Å². The van der Waals surface area contributed by atoms with Crippen LogP contribution in [-0.4, -0.2) is 36.2 Å². The molecule has 1 aromatic heterocycles. The number of aromatic nitrogens is 1. The van der Waals surface area contributed by atoms with Crippen LogP contribution in [-0.2, 0) is 6.54 Å². The van der Waals surface area contributed by atoms with E-state index in [1.165, 1.54) is 25.7 Å². The lowest BCUT2D eigenvalue weighted by Gasteiger charge is -2.34. The first-order valence-corrected chi connectivity index (χ1v) is 6.48. The lowest BCUT2D eigenvalue weighted by Crippen LogP contribution is -2.39. The molecule has 1 aliphatic carbocycles. The van der Waals surface area contributed by atoms with Gasteiger partial charge >= 0.3 is 0 Å². The maximum absolute atomic E-state index is 5.10. The Balaban J connectivity index is 1.82. The van der Waals surface area contributed by atoms with Gasteiger partial charge in [-0.2, -0.15) is 0 Å². The average molecular weight is 237 g/mol. The Kier molecular flexibility index (Phi) is 4.18. The SMILES string of the molecule is CNC1CCC(N(C)Cc2cc(C)on2)CC1. The molecule has 1 fully saturated rings. The molecular formula is C13H23N3O. The lowest BCUT2D eigenvalue weighted by molar-refractivity contribution is 0.166. The smallest absolute Gasteiger partial charge is 0.133 e. The maximum atomic E-state index is 5.10. The predicted molar refractivity (Wildman–Crippen MR) is 67.8 cm³/mol. The summed E-state index contributed by atoms with van der Waals surface area (Å²) in [7, 11) is 4.25. The molecule has 0 aromatic carbocycles. The fourth-order valence-corrected chi connectivity index (χ4v) is 2.68. The summed E-state index contributed by atoms with van der Waals surface area (Å²) in [5, 5.41) is 7.42. The van der Waals surface area contributed by atoms with E-state index in [0.29, 0.717) is 12.1 Å². The van der Waals surface area contributed by atoms with E-state index >= 15 is 0 Å². The molecular weight excluding hydrogens is 214 g/mol. The van der Waals surface area contributed by atoms with Crippen molar-refractivity contribution < 1.29 is 4.52 Å². The van der Waals surface area contributed by atoms with Gasteiger partial charge in [0.1, 0.15) is 5.76 Å². The van der Waals surface area contributed by atoms with E-state index in [4.69, 9.17) is 4.52 Å². The van der Waals surface area contributed by atoms with E-state index < -0.39 is 0 Å². The van der Waals surface area contributed by atoms with Crippen molar-refractivity contribution in [2.75, 3.05) is 14.1 Å². The molecule has 1 aromatic rings. The van der Waals surface area contributed by atoms with Crippen LogP contribution in [0.15, 0.2) is 10.6 Å². The van der Waals surface area contributed by atoms with E-state index in [1.54, 1.807) is 0 Å². The predicted octanol–water partition coefficient (Wildman–Crippen LogP) is 1.95. The summed E-state index contributed by atoms with van der Waals surface area (Å²) in [4.78, 5) is 2.41. The first kappa shape index (κ1) is 12.6. The van der Waals surface area contributed by atoms with E-state index in [-0.39, 0.29) is 0 Å². The molecule has 0 saturated heterocycles. The molecule has 17 heavy (non-hydrogen) atoms. The molecule has 0 radical (unpaired) electrons. The number of nitrogens with one attached hydrogen (secondary N) is 1. The summed E-state index contributed by atoms with van der Waals surface area (Å²) in [5.41, 5.74) is 1.04. The molecule has 1 saturated carbocycles. The van der Waals surface area contributed by atoms with Gasteiger partial charge in [-0.15, -0.1) is 0 Å². The minimum atomic E-state index is 0.691. The Hall–Kier alpha value is -0.870. The van der Waals surface area contributed by atoms with Crippen LogP contribution in [0.4, 0.5) is 0 Å². The Bertz CT molecular complexity index is 342. The second-order valence-electron chi connectivity index (χ2n) is 5.14. The fourth-order valence-electron chi connectivity index (χ4n) is 2.68. The van der Waals surface area contributed by atoms with Gasteiger partial charge in [0.05, 0.1) is 5.69 Å². The van der Waals surface area contributed by atoms with Gasteiger partial charge in [0.25, 0.3) is 0 Å². The maximum Gasteiger partial charge on any atom is 0.133 e. The molecule has 4 heteroatoms. The van der Waals surface area contributed by atoms with Gasteiger partial charge in [0.2, 0.25) is 0 Å². The van der Waals surface area contributed by atoms with Gasteiger partial charge in [-0.3, -0.25) is 4.90 Å².